The van der Waals surface area contributed by atoms with Gasteiger partial charge in [0.2, 0.25) is 0 Å². The summed E-state index contributed by atoms with van der Waals surface area (Å²) in [6, 6.07) is 55.4. The van der Waals surface area contributed by atoms with E-state index in [1.807, 2.05) is 18.2 Å². The summed E-state index contributed by atoms with van der Waals surface area (Å²) in [5, 5.41) is 3.45. The number of fused-ring (bicyclic) bond motifs is 7. The summed E-state index contributed by atoms with van der Waals surface area (Å²) in [5.41, 5.74) is 18.5. The van der Waals surface area contributed by atoms with Gasteiger partial charge in [-0.05, 0) is 118 Å². The number of allylic oxidation sites excluding steroid dienone is 4. The van der Waals surface area contributed by atoms with Crippen molar-refractivity contribution in [3.8, 4) is 33.4 Å². The Labute approximate surface area is 363 Å². The summed E-state index contributed by atoms with van der Waals surface area (Å²) in [7, 11) is 0. The molecular weight excluding hydrogens is 755 g/mol. The molecule has 62 heavy (non-hydrogen) atoms. The molecule has 0 spiro atoms. The van der Waals surface area contributed by atoms with Gasteiger partial charge in [0.05, 0.1) is 6.04 Å². The first-order chi connectivity index (χ1) is 30.3. The fraction of sp³-hybridized carbons (Fsp3) is 0.119. The first-order valence-electron chi connectivity index (χ1n) is 21.6. The molecule has 3 nitrogen and oxygen atoms in total. The van der Waals surface area contributed by atoms with Crippen LogP contribution in [-0.2, 0) is 5.41 Å². The first kappa shape index (κ1) is 37.6. The van der Waals surface area contributed by atoms with Crippen molar-refractivity contribution < 1.29 is 8.83 Å². The van der Waals surface area contributed by atoms with Gasteiger partial charge in [0.25, 0.3) is 0 Å². The Hall–Kier alpha value is -7.36. The van der Waals surface area contributed by atoms with Gasteiger partial charge in [-0.15, -0.1) is 0 Å². The van der Waals surface area contributed by atoms with E-state index in [2.05, 4.69) is 203 Å². The van der Waals surface area contributed by atoms with Crippen LogP contribution in [0.5, 0.6) is 0 Å². The molecule has 2 unspecified atom stereocenters. The monoisotopic (exact) mass is 801 g/mol. The van der Waals surface area contributed by atoms with Crippen molar-refractivity contribution in [1.82, 2.24) is 0 Å². The third kappa shape index (κ3) is 6.10. The van der Waals surface area contributed by atoms with Crippen molar-refractivity contribution in [2.75, 3.05) is 4.90 Å². The van der Waals surface area contributed by atoms with Crippen LogP contribution in [0.15, 0.2) is 197 Å². The van der Waals surface area contributed by atoms with E-state index in [9.17, 15) is 0 Å². The lowest BCUT2D eigenvalue weighted by Gasteiger charge is -2.37. The number of rotatable bonds is 8. The maximum atomic E-state index is 6.45. The molecule has 0 radical (unpaired) electrons. The second-order valence-electron chi connectivity index (χ2n) is 17.4. The zero-order valence-electron chi connectivity index (χ0n) is 35.5. The van der Waals surface area contributed by atoms with E-state index in [1.54, 1.807) is 6.08 Å². The molecule has 0 bridgehead atoms. The van der Waals surface area contributed by atoms with Gasteiger partial charge in [0.15, 0.2) is 0 Å². The smallest absolute Gasteiger partial charge is 0.143 e. The highest BCUT2D eigenvalue weighted by atomic mass is 16.3. The van der Waals surface area contributed by atoms with Gasteiger partial charge in [-0.25, -0.2) is 0 Å². The molecule has 0 aliphatic heterocycles. The van der Waals surface area contributed by atoms with Gasteiger partial charge in [-0.2, -0.15) is 0 Å². The molecule has 11 rings (SSSR count). The van der Waals surface area contributed by atoms with Gasteiger partial charge in [0.1, 0.15) is 22.5 Å². The normalized spacial score (nSPS) is 16.5. The van der Waals surface area contributed by atoms with Crippen LogP contribution in [0.25, 0.3) is 77.9 Å². The number of aryl methyl sites for hydroxylation is 1. The largest absolute Gasteiger partial charge is 0.456 e. The molecule has 3 heteroatoms. The van der Waals surface area contributed by atoms with E-state index < -0.39 is 0 Å². The first-order valence-corrected chi connectivity index (χ1v) is 21.6. The Morgan fingerprint density at radius 3 is 2.16 bits per heavy atom. The maximum Gasteiger partial charge on any atom is 0.143 e. The Kier molecular flexibility index (Phi) is 8.91. The number of anilines is 2. The molecular formula is C59H47NO2. The summed E-state index contributed by atoms with van der Waals surface area (Å²) in [5.74, 6) is 1.11. The molecule has 2 aliphatic rings. The average molecular weight is 802 g/mol. The number of benzene rings is 7. The van der Waals surface area contributed by atoms with Crippen LogP contribution in [0.1, 0.15) is 48.8 Å². The molecule has 0 N–H and O–H groups in total. The fourth-order valence-electron chi connectivity index (χ4n) is 10.0. The van der Waals surface area contributed by atoms with Crippen LogP contribution < -0.4 is 4.90 Å². The molecule has 2 heterocycles. The fourth-order valence-corrected chi connectivity index (χ4v) is 10.0. The van der Waals surface area contributed by atoms with Gasteiger partial charge in [-0.1, -0.05) is 161 Å². The van der Waals surface area contributed by atoms with Crippen LogP contribution in [0.2, 0.25) is 0 Å². The van der Waals surface area contributed by atoms with Gasteiger partial charge < -0.3 is 13.7 Å². The minimum atomic E-state index is -0.142. The molecule has 0 fully saturated rings. The Morgan fingerprint density at radius 1 is 0.597 bits per heavy atom. The second kappa shape index (κ2) is 14.7. The predicted octanol–water partition coefficient (Wildman–Crippen LogP) is 16.3. The summed E-state index contributed by atoms with van der Waals surface area (Å²) in [6.07, 6.45) is 12.7. The second-order valence-corrected chi connectivity index (χ2v) is 17.4. The molecule has 0 saturated carbocycles. The van der Waals surface area contributed by atoms with Crippen LogP contribution in [0.4, 0.5) is 11.4 Å². The molecule has 0 saturated heterocycles. The van der Waals surface area contributed by atoms with Crippen molar-refractivity contribution >= 4 is 55.9 Å². The van der Waals surface area contributed by atoms with Crippen LogP contribution in [0.3, 0.4) is 0 Å². The molecule has 300 valence electrons. The number of hydrogen-bond acceptors (Lipinski definition) is 3. The SMILES string of the molecule is C=C/C=C\c1oc2cc(C3=CC(C)C(N(c4ccccc4)c4ccc(-c5ccc6c(c5)-c5ccc(-c7cccc8c7oc7ccccc78)cc5C6(C)C)cc4)C=C3)ccc2c1C. The molecule has 0 amide bonds. The van der Waals surface area contributed by atoms with E-state index in [0.717, 1.165) is 61.0 Å². The Bertz CT molecular complexity index is 3310. The van der Waals surface area contributed by atoms with Crippen molar-refractivity contribution in [3.63, 3.8) is 0 Å². The standard InChI is InChI=1S/C59H47NO2/c1-6-7-19-55-38(3)46-29-23-42(36-57(46)61-55)40-26-32-54(37(2)33-40)60(44-14-9-8-10-15-44)45-27-21-39(22-28-45)41-25-31-52-51(34-41)48-30-24-43(35-53(48)59(52,4)5)47-17-13-18-50-49-16-11-12-20-56(49)62-58(47)50/h6-37,54H,1H2,2-5H3/b19-7-. The van der Waals surface area contributed by atoms with Gasteiger partial charge in [0, 0.05) is 44.1 Å². The van der Waals surface area contributed by atoms with E-state index in [1.165, 1.54) is 50.2 Å². The lowest BCUT2D eigenvalue weighted by Crippen LogP contribution is -2.35. The molecule has 7 aromatic carbocycles. The van der Waals surface area contributed by atoms with Crippen molar-refractivity contribution in [2.24, 2.45) is 5.92 Å². The zero-order chi connectivity index (χ0) is 42.1. The quantitative estimate of drug-likeness (QED) is 0.143. The highest BCUT2D eigenvalue weighted by Gasteiger charge is 2.36. The van der Waals surface area contributed by atoms with Crippen LogP contribution in [0, 0.1) is 12.8 Å². The van der Waals surface area contributed by atoms with Crippen molar-refractivity contribution in [1.29, 1.82) is 0 Å². The van der Waals surface area contributed by atoms with E-state index in [0.29, 0.717) is 0 Å². The van der Waals surface area contributed by atoms with Crippen LogP contribution in [-0.4, -0.2) is 6.04 Å². The number of hydrogen-bond donors (Lipinski definition) is 0. The molecule has 9 aromatic rings. The number of para-hydroxylation sites is 3. The molecule has 2 atom stereocenters. The van der Waals surface area contributed by atoms with E-state index >= 15 is 0 Å². The summed E-state index contributed by atoms with van der Waals surface area (Å²) < 4.78 is 12.7. The Balaban J connectivity index is 0.892. The summed E-state index contributed by atoms with van der Waals surface area (Å²) in [6.45, 7) is 12.9. The number of nitrogens with zero attached hydrogens (tertiary/aromatic N) is 1. The van der Waals surface area contributed by atoms with Gasteiger partial charge in [-0.3, -0.25) is 0 Å². The zero-order valence-corrected chi connectivity index (χ0v) is 35.5. The minimum absolute atomic E-state index is 0.125. The highest BCUT2D eigenvalue weighted by molar-refractivity contribution is 6.09. The molecule has 2 aromatic heterocycles. The maximum absolute atomic E-state index is 6.45. The van der Waals surface area contributed by atoms with Gasteiger partial charge >= 0.3 is 0 Å². The topological polar surface area (TPSA) is 29.5 Å². The third-order valence-corrected chi connectivity index (χ3v) is 13.3. The highest BCUT2D eigenvalue weighted by Crippen LogP contribution is 2.51. The van der Waals surface area contributed by atoms with Crippen molar-refractivity contribution in [3.05, 3.63) is 217 Å². The van der Waals surface area contributed by atoms with E-state index in [-0.39, 0.29) is 17.4 Å². The average Bonchev–Trinajstić information content (AvgIpc) is 3.92. The minimum Gasteiger partial charge on any atom is -0.456 e. The molecule has 2 aliphatic carbocycles. The lowest BCUT2D eigenvalue weighted by atomic mass is 9.81. The summed E-state index contributed by atoms with van der Waals surface area (Å²) in [4.78, 5) is 2.47. The Morgan fingerprint density at radius 2 is 1.34 bits per heavy atom. The predicted molar refractivity (Wildman–Crippen MR) is 261 cm³/mol. The summed E-state index contributed by atoms with van der Waals surface area (Å²) >= 11 is 0. The van der Waals surface area contributed by atoms with E-state index in [4.69, 9.17) is 8.83 Å². The number of furan rings is 2. The third-order valence-electron chi connectivity index (χ3n) is 13.3. The van der Waals surface area contributed by atoms with Crippen LogP contribution >= 0.6 is 0 Å². The van der Waals surface area contributed by atoms with Crippen molar-refractivity contribution in [2.45, 2.75) is 39.2 Å². The lowest BCUT2D eigenvalue weighted by molar-refractivity contribution is 0.601.